The maximum absolute atomic E-state index is 13.0. The van der Waals surface area contributed by atoms with Crippen LogP contribution in [0.25, 0.3) is 0 Å². The van der Waals surface area contributed by atoms with Crippen molar-refractivity contribution in [1.82, 2.24) is 4.98 Å². The molecule has 0 aliphatic heterocycles. The maximum atomic E-state index is 13.0. The minimum atomic E-state index is -4.44. The number of amides is 1. The summed E-state index contributed by atoms with van der Waals surface area (Å²) in [5, 5.41) is 3.34. The zero-order chi connectivity index (χ0) is 20.5. The maximum Gasteiger partial charge on any atom is 0.416 e. The van der Waals surface area contributed by atoms with E-state index in [-0.39, 0.29) is 17.4 Å². The Morgan fingerprint density at radius 1 is 1.25 bits per heavy atom. The van der Waals surface area contributed by atoms with Crippen LogP contribution in [0.3, 0.4) is 0 Å². The van der Waals surface area contributed by atoms with Crippen LogP contribution >= 0.6 is 38.9 Å². The van der Waals surface area contributed by atoms with Gasteiger partial charge in [0.25, 0.3) is 5.91 Å². The van der Waals surface area contributed by atoms with Crippen LogP contribution in [0.1, 0.15) is 32.1 Å². The highest BCUT2D eigenvalue weighted by Crippen LogP contribution is 2.34. The van der Waals surface area contributed by atoms with Crippen LogP contribution in [0.4, 0.5) is 18.3 Å². The molecule has 0 saturated heterocycles. The van der Waals surface area contributed by atoms with Gasteiger partial charge in [0.1, 0.15) is 0 Å². The molecule has 2 aromatic carbocycles. The number of carbonyl (C=O) groups excluding carboxylic acids is 1. The van der Waals surface area contributed by atoms with E-state index in [0.29, 0.717) is 26.4 Å². The lowest BCUT2D eigenvalue weighted by Crippen LogP contribution is -2.12. The molecule has 0 bridgehead atoms. The third kappa shape index (κ3) is 4.74. The highest BCUT2D eigenvalue weighted by atomic mass is 79.9. The second-order valence-corrected chi connectivity index (χ2v) is 8.29. The van der Waals surface area contributed by atoms with Gasteiger partial charge in [-0.1, -0.05) is 23.7 Å². The SMILES string of the molecule is Cc1nc(NC(=O)c2ccccc2Br)sc1Cc1cc(C(F)(F)F)ccc1Cl. The Kier molecular flexibility index (Phi) is 6.12. The van der Waals surface area contributed by atoms with Gasteiger partial charge in [0, 0.05) is 20.8 Å². The van der Waals surface area contributed by atoms with Gasteiger partial charge in [-0.3, -0.25) is 10.1 Å². The Bertz CT molecular complexity index is 1040. The second kappa shape index (κ2) is 8.23. The molecule has 0 atom stereocenters. The average Bonchev–Trinajstić information content (AvgIpc) is 2.95. The number of aryl methyl sites for hydroxylation is 1. The minimum absolute atomic E-state index is 0.192. The van der Waals surface area contributed by atoms with Crippen molar-refractivity contribution in [2.75, 3.05) is 5.32 Å². The van der Waals surface area contributed by atoms with Crippen LogP contribution in [-0.4, -0.2) is 10.9 Å². The van der Waals surface area contributed by atoms with E-state index >= 15 is 0 Å². The quantitative estimate of drug-likeness (QED) is 0.441. The zero-order valence-electron chi connectivity index (χ0n) is 14.4. The van der Waals surface area contributed by atoms with Gasteiger partial charge < -0.3 is 0 Å². The van der Waals surface area contributed by atoms with Crippen molar-refractivity contribution in [2.24, 2.45) is 0 Å². The molecule has 1 aromatic heterocycles. The van der Waals surface area contributed by atoms with Crippen molar-refractivity contribution in [1.29, 1.82) is 0 Å². The summed E-state index contributed by atoms with van der Waals surface area (Å²) in [5.74, 6) is -0.329. The van der Waals surface area contributed by atoms with Crippen molar-refractivity contribution < 1.29 is 18.0 Å². The number of hydrogen-bond donors (Lipinski definition) is 1. The van der Waals surface area contributed by atoms with E-state index in [1.165, 1.54) is 17.4 Å². The lowest BCUT2D eigenvalue weighted by atomic mass is 10.1. The summed E-state index contributed by atoms with van der Waals surface area (Å²) in [4.78, 5) is 17.4. The van der Waals surface area contributed by atoms with Crippen molar-refractivity contribution in [2.45, 2.75) is 19.5 Å². The van der Waals surface area contributed by atoms with Crippen LogP contribution in [0.5, 0.6) is 0 Å². The molecule has 0 saturated carbocycles. The van der Waals surface area contributed by atoms with Crippen LogP contribution < -0.4 is 5.32 Å². The molecule has 9 heteroatoms. The summed E-state index contributed by atoms with van der Waals surface area (Å²) >= 11 is 10.6. The highest BCUT2D eigenvalue weighted by molar-refractivity contribution is 9.10. The predicted molar refractivity (Wildman–Crippen MR) is 108 cm³/mol. The lowest BCUT2D eigenvalue weighted by Gasteiger charge is -2.10. The van der Waals surface area contributed by atoms with Crippen LogP contribution in [-0.2, 0) is 12.6 Å². The Morgan fingerprint density at radius 3 is 2.64 bits per heavy atom. The molecular weight excluding hydrogens is 477 g/mol. The second-order valence-electron chi connectivity index (χ2n) is 5.94. The van der Waals surface area contributed by atoms with Crippen molar-refractivity contribution in [3.05, 3.63) is 79.2 Å². The summed E-state index contributed by atoms with van der Waals surface area (Å²) < 4.78 is 39.5. The number of anilines is 1. The smallest absolute Gasteiger partial charge is 0.298 e. The zero-order valence-corrected chi connectivity index (χ0v) is 17.6. The molecular formula is C19H13BrClF3N2OS. The molecule has 0 fully saturated rings. The Morgan fingerprint density at radius 2 is 1.96 bits per heavy atom. The molecule has 3 nitrogen and oxygen atoms in total. The van der Waals surface area contributed by atoms with Gasteiger partial charge >= 0.3 is 6.18 Å². The summed E-state index contributed by atoms with van der Waals surface area (Å²) in [7, 11) is 0. The van der Waals surface area contributed by atoms with Crippen molar-refractivity contribution >= 4 is 49.9 Å². The standard InChI is InChI=1S/C19H13BrClF3N2OS/c1-10-16(9-11-8-12(19(22,23)24)6-7-15(11)21)28-18(25-10)26-17(27)13-4-2-3-5-14(13)20/h2-8H,9H2,1H3,(H,25,26,27). The fourth-order valence-electron chi connectivity index (χ4n) is 2.51. The molecule has 0 aliphatic carbocycles. The van der Waals surface area contributed by atoms with E-state index in [9.17, 15) is 18.0 Å². The van der Waals surface area contributed by atoms with E-state index in [4.69, 9.17) is 11.6 Å². The number of carbonyl (C=O) groups is 1. The molecule has 0 aliphatic rings. The fourth-order valence-corrected chi connectivity index (χ4v) is 4.14. The molecule has 1 N–H and O–H groups in total. The third-order valence-electron chi connectivity index (χ3n) is 3.96. The number of halogens is 5. The molecule has 3 rings (SSSR count). The first-order valence-electron chi connectivity index (χ1n) is 8.03. The number of thiazole rings is 1. The highest BCUT2D eigenvalue weighted by Gasteiger charge is 2.31. The fraction of sp³-hybridized carbons (Fsp3) is 0.158. The Labute approximate surface area is 176 Å². The summed E-state index contributed by atoms with van der Waals surface area (Å²) in [5.41, 5.74) is 0.683. The first kappa shape index (κ1) is 20.8. The van der Waals surface area contributed by atoms with Crippen LogP contribution in [0, 0.1) is 6.92 Å². The van der Waals surface area contributed by atoms with Gasteiger partial charge in [0.15, 0.2) is 5.13 Å². The number of nitrogens with zero attached hydrogens (tertiary/aromatic N) is 1. The molecule has 28 heavy (non-hydrogen) atoms. The summed E-state index contributed by atoms with van der Waals surface area (Å²) in [6, 6.07) is 10.2. The first-order valence-corrected chi connectivity index (χ1v) is 10.0. The predicted octanol–water partition coefficient (Wildman–Crippen LogP) is 6.73. The number of nitrogens with one attached hydrogen (secondary N) is 1. The molecule has 1 amide bonds. The molecule has 0 spiro atoms. The van der Waals surface area contributed by atoms with E-state index in [1.54, 1.807) is 31.2 Å². The van der Waals surface area contributed by atoms with E-state index < -0.39 is 11.7 Å². The van der Waals surface area contributed by atoms with E-state index in [0.717, 1.165) is 17.0 Å². The summed E-state index contributed by atoms with van der Waals surface area (Å²) in [6.07, 6.45) is -4.25. The van der Waals surface area contributed by atoms with Gasteiger partial charge in [-0.2, -0.15) is 13.2 Å². The number of aromatic nitrogens is 1. The topological polar surface area (TPSA) is 42.0 Å². The van der Waals surface area contributed by atoms with E-state index in [1.807, 2.05) is 0 Å². The number of rotatable bonds is 4. The van der Waals surface area contributed by atoms with Crippen molar-refractivity contribution in [3.8, 4) is 0 Å². The van der Waals surface area contributed by atoms with Gasteiger partial charge in [0.05, 0.1) is 16.8 Å². The molecule has 3 aromatic rings. The number of benzene rings is 2. The minimum Gasteiger partial charge on any atom is -0.298 e. The Balaban J connectivity index is 1.82. The van der Waals surface area contributed by atoms with Gasteiger partial charge in [-0.05, 0) is 58.7 Å². The van der Waals surface area contributed by atoms with E-state index in [2.05, 4.69) is 26.2 Å². The number of hydrogen-bond acceptors (Lipinski definition) is 3. The average molecular weight is 490 g/mol. The van der Waals surface area contributed by atoms with Gasteiger partial charge in [-0.25, -0.2) is 4.98 Å². The monoisotopic (exact) mass is 488 g/mol. The molecule has 146 valence electrons. The first-order chi connectivity index (χ1) is 13.1. The number of alkyl halides is 3. The molecule has 0 unspecified atom stereocenters. The molecule has 1 heterocycles. The third-order valence-corrected chi connectivity index (χ3v) is 6.09. The molecule has 0 radical (unpaired) electrons. The summed E-state index contributed by atoms with van der Waals surface area (Å²) in [6.45, 7) is 1.74. The van der Waals surface area contributed by atoms with Crippen molar-refractivity contribution in [3.63, 3.8) is 0 Å². The van der Waals surface area contributed by atoms with Crippen LogP contribution in [0.15, 0.2) is 46.9 Å². The van der Waals surface area contributed by atoms with Gasteiger partial charge in [0.2, 0.25) is 0 Å². The Hall–Kier alpha value is -1.90. The lowest BCUT2D eigenvalue weighted by molar-refractivity contribution is -0.137. The largest absolute Gasteiger partial charge is 0.416 e. The van der Waals surface area contributed by atoms with Gasteiger partial charge in [-0.15, -0.1) is 11.3 Å². The normalized spacial score (nSPS) is 11.5. The van der Waals surface area contributed by atoms with Crippen LogP contribution in [0.2, 0.25) is 5.02 Å².